The summed E-state index contributed by atoms with van der Waals surface area (Å²) in [5.41, 5.74) is 6.52. The Labute approximate surface area is 97.0 Å². The van der Waals surface area contributed by atoms with Crippen LogP contribution in [0.1, 0.15) is 38.3 Å². The lowest BCUT2D eigenvalue weighted by atomic mass is 10.1. The van der Waals surface area contributed by atoms with Crippen LogP contribution in [0.5, 0.6) is 0 Å². The predicted octanol–water partition coefficient (Wildman–Crippen LogP) is 1.99. The molecule has 2 atom stereocenters. The van der Waals surface area contributed by atoms with Crippen molar-refractivity contribution in [1.82, 2.24) is 5.32 Å². The summed E-state index contributed by atoms with van der Waals surface area (Å²) in [4.78, 5) is 11.2. The summed E-state index contributed by atoms with van der Waals surface area (Å²) in [6.07, 6.45) is 1.73. The van der Waals surface area contributed by atoms with E-state index < -0.39 is 0 Å². The minimum Gasteiger partial charge on any atom is -0.368 e. The number of hydrogen-bond acceptors (Lipinski definition) is 2. The summed E-state index contributed by atoms with van der Waals surface area (Å²) < 4.78 is 0. The fourth-order valence-corrected chi connectivity index (χ4v) is 1.74. The lowest BCUT2D eigenvalue weighted by Crippen LogP contribution is -2.42. The summed E-state index contributed by atoms with van der Waals surface area (Å²) in [5.74, 6) is -0.273. The number of benzene rings is 1. The molecule has 3 N–H and O–H groups in total. The van der Waals surface area contributed by atoms with E-state index >= 15 is 0 Å². The molecule has 0 bridgehead atoms. The third-order valence-corrected chi connectivity index (χ3v) is 2.67. The molecule has 0 fully saturated rings. The van der Waals surface area contributed by atoms with Crippen molar-refractivity contribution in [2.75, 3.05) is 0 Å². The summed E-state index contributed by atoms with van der Waals surface area (Å²) in [6, 6.07) is 9.96. The Hall–Kier alpha value is -1.35. The van der Waals surface area contributed by atoms with Crippen molar-refractivity contribution in [3.05, 3.63) is 35.9 Å². The number of hydrogen-bond donors (Lipinski definition) is 2. The second kappa shape index (κ2) is 6.28. The summed E-state index contributed by atoms with van der Waals surface area (Å²) in [6.45, 7) is 4.09. The Morgan fingerprint density at radius 3 is 2.50 bits per heavy atom. The molecule has 0 radical (unpaired) electrons. The van der Waals surface area contributed by atoms with Crippen LogP contribution in [0.4, 0.5) is 0 Å². The van der Waals surface area contributed by atoms with Crippen LogP contribution in [0.3, 0.4) is 0 Å². The van der Waals surface area contributed by atoms with Gasteiger partial charge in [0.15, 0.2) is 0 Å². The van der Waals surface area contributed by atoms with Crippen LogP contribution < -0.4 is 11.1 Å². The van der Waals surface area contributed by atoms with Crippen LogP contribution in [-0.4, -0.2) is 11.9 Å². The average molecular weight is 220 g/mol. The van der Waals surface area contributed by atoms with Crippen molar-refractivity contribution in [2.45, 2.75) is 38.8 Å². The highest BCUT2D eigenvalue weighted by molar-refractivity contribution is 5.79. The molecule has 16 heavy (non-hydrogen) atoms. The van der Waals surface area contributed by atoms with E-state index in [4.69, 9.17) is 5.73 Å². The Bertz CT molecular complexity index is 324. The molecule has 0 aliphatic heterocycles. The highest BCUT2D eigenvalue weighted by Gasteiger charge is 2.16. The fraction of sp³-hybridized carbons (Fsp3) is 0.462. The molecule has 0 heterocycles. The Kier molecular flexibility index (Phi) is 4.99. The molecule has 0 aliphatic carbocycles. The molecule has 88 valence electrons. The van der Waals surface area contributed by atoms with Gasteiger partial charge in [-0.3, -0.25) is 10.1 Å². The van der Waals surface area contributed by atoms with Gasteiger partial charge in [0.2, 0.25) is 5.91 Å². The number of rotatable bonds is 6. The van der Waals surface area contributed by atoms with Gasteiger partial charge in [-0.25, -0.2) is 0 Å². The second-order valence-electron chi connectivity index (χ2n) is 4.04. The highest BCUT2D eigenvalue weighted by atomic mass is 16.1. The largest absolute Gasteiger partial charge is 0.368 e. The zero-order valence-electron chi connectivity index (χ0n) is 9.94. The molecule has 3 nitrogen and oxygen atoms in total. The first kappa shape index (κ1) is 12.7. The molecular formula is C13H20N2O. The Balaban J connectivity index is 2.61. The zero-order chi connectivity index (χ0) is 12.0. The van der Waals surface area contributed by atoms with E-state index in [1.54, 1.807) is 0 Å². The molecule has 1 amide bonds. The molecule has 1 rings (SSSR count). The molecule has 0 saturated carbocycles. The van der Waals surface area contributed by atoms with Crippen LogP contribution >= 0.6 is 0 Å². The van der Waals surface area contributed by atoms with Gasteiger partial charge in [-0.05, 0) is 18.9 Å². The second-order valence-corrected chi connectivity index (χ2v) is 4.04. The normalized spacial score (nSPS) is 14.4. The molecule has 3 heteroatoms. The van der Waals surface area contributed by atoms with E-state index in [9.17, 15) is 4.79 Å². The van der Waals surface area contributed by atoms with Gasteiger partial charge in [-0.2, -0.15) is 0 Å². The van der Waals surface area contributed by atoms with Gasteiger partial charge in [0, 0.05) is 6.04 Å². The maximum atomic E-state index is 11.2. The first-order valence-electron chi connectivity index (χ1n) is 5.75. The van der Waals surface area contributed by atoms with Gasteiger partial charge in [0.25, 0.3) is 0 Å². The standard InChI is InChI=1S/C13H20N2O/c1-3-7-12(13(14)16)15-10(2)11-8-5-4-6-9-11/h4-6,8-10,12,15H,3,7H2,1-2H3,(H2,14,16)/t10-,12-/m0/s1. The number of amides is 1. The van der Waals surface area contributed by atoms with Gasteiger partial charge < -0.3 is 5.73 Å². The van der Waals surface area contributed by atoms with Crippen molar-refractivity contribution in [1.29, 1.82) is 0 Å². The number of nitrogens with two attached hydrogens (primary N) is 1. The summed E-state index contributed by atoms with van der Waals surface area (Å²) >= 11 is 0. The topological polar surface area (TPSA) is 55.1 Å². The number of carbonyl (C=O) groups is 1. The van der Waals surface area contributed by atoms with Crippen molar-refractivity contribution in [3.8, 4) is 0 Å². The van der Waals surface area contributed by atoms with E-state index in [0.717, 1.165) is 12.8 Å². The number of carbonyl (C=O) groups excluding carboxylic acids is 1. The molecular weight excluding hydrogens is 200 g/mol. The van der Waals surface area contributed by atoms with Gasteiger partial charge in [-0.15, -0.1) is 0 Å². The van der Waals surface area contributed by atoms with E-state index in [-0.39, 0.29) is 18.0 Å². The first-order valence-corrected chi connectivity index (χ1v) is 5.75. The van der Waals surface area contributed by atoms with Crippen LogP contribution in [0.2, 0.25) is 0 Å². The van der Waals surface area contributed by atoms with E-state index in [2.05, 4.69) is 5.32 Å². The maximum Gasteiger partial charge on any atom is 0.234 e. The molecule has 0 saturated heterocycles. The van der Waals surface area contributed by atoms with Gasteiger partial charge in [-0.1, -0.05) is 43.7 Å². The molecule has 0 aliphatic rings. The van der Waals surface area contributed by atoms with Crippen LogP contribution in [-0.2, 0) is 4.79 Å². The van der Waals surface area contributed by atoms with Crippen molar-refractivity contribution >= 4 is 5.91 Å². The average Bonchev–Trinajstić information content (AvgIpc) is 2.29. The summed E-state index contributed by atoms with van der Waals surface area (Å²) in [5, 5.41) is 3.26. The first-order chi connectivity index (χ1) is 7.65. The van der Waals surface area contributed by atoms with Crippen molar-refractivity contribution in [3.63, 3.8) is 0 Å². The summed E-state index contributed by atoms with van der Waals surface area (Å²) in [7, 11) is 0. The minimum absolute atomic E-state index is 0.144. The van der Waals surface area contributed by atoms with Gasteiger partial charge >= 0.3 is 0 Å². The third-order valence-electron chi connectivity index (χ3n) is 2.67. The molecule has 1 aromatic rings. The minimum atomic E-state index is -0.273. The Morgan fingerprint density at radius 2 is 2.00 bits per heavy atom. The lowest BCUT2D eigenvalue weighted by Gasteiger charge is -2.20. The molecule has 0 spiro atoms. The zero-order valence-corrected chi connectivity index (χ0v) is 9.94. The quantitative estimate of drug-likeness (QED) is 0.770. The SMILES string of the molecule is CCC[C@H](N[C@@H](C)c1ccccc1)C(N)=O. The van der Waals surface area contributed by atoms with Crippen LogP contribution in [0.25, 0.3) is 0 Å². The lowest BCUT2D eigenvalue weighted by molar-refractivity contribution is -0.120. The van der Waals surface area contributed by atoms with Crippen LogP contribution in [0, 0.1) is 0 Å². The molecule has 1 aromatic carbocycles. The number of primary amides is 1. The Morgan fingerprint density at radius 1 is 1.38 bits per heavy atom. The highest BCUT2D eigenvalue weighted by Crippen LogP contribution is 2.13. The van der Waals surface area contributed by atoms with Crippen molar-refractivity contribution in [2.24, 2.45) is 5.73 Å². The van der Waals surface area contributed by atoms with E-state index in [1.165, 1.54) is 5.56 Å². The maximum absolute atomic E-state index is 11.2. The molecule has 0 aromatic heterocycles. The van der Waals surface area contributed by atoms with E-state index in [1.807, 2.05) is 44.2 Å². The smallest absolute Gasteiger partial charge is 0.234 e. The third kappa shape index (κ3) is 3.66. The predicted molar refractivity (Wildman–Crippen MR) is 65.9 cm³/mol. The fourth-order valence-electron chi connectivity index (χ4n) is 1.74. The monoisotopic (exact) mass is 220 g/mol. The van der Waals surface area contributed by atoms with Crippen molar-refractivity contribution < 1.29 is 4.79 Å². The van der Waals surface area contributed by atoms with Crippen LogP contribution in [0.15, 0.2) is 30.3 Å². The van der Waals surface area contributed by atoms with E-state index in [0.29, 0.717) is 0 Å². The van der Waals surface area contributed by atoms with Gasteiger partial charge in [0.05, 0.1) is 6.04 Å². The van der Waals surface area contributed by atoms with Gasteiger partial charge in [0.1, 0.15) is 0 Å². The molecule has 0 unspecified atom stereocenters. The number of nitrogens with one attached hydrogen (secondary N) is 1.